The van der Waals surface area contributed by atoms with Gasteiger partial charge in [0.1, 0.15) is 0 Å². The molecule has 0 spiro atoms. The topological polar surface area (TPSA) is 35.5 Å². The molecule has 0 N–H and O–H groups in total. The first-order valence-electron chi connectivity index (χ1n) is 3.28. The molecule has 0 atom stereocenters. The maximum atomic E-state index is 10.2. The van der Waals surface area contributed by atoms with Gasteiger partial charge < -0.3 is 9.47 Å². The smallest absolute Gasteiger partial charge is 0.444 e. The van der Waals surface area contributed by atoms with E-state index in [1.54, 1.807) is 12.1 Å². The minimum Gasteiger partial charge on any atom is -0.444 e. The molecule has 3 nitrogen and oxygen atoms in total. The number of para-hydroxylation sites is 2. The molecule has 1 aliphatic heterocycles. The molecule has 0 aromatic heterocycles. The van der Waals surface area contributed by atoms with Crippen LogP contribution in [0.1, 0.15) is 1.43 Å². The van der Waals surface area contributed by atoms with Crippen molar-refractivity contribution in [3.63, 3.8) is 0 Å². The lowest BCUT2D eigenvalue weighted by atomic mass is 10.3. The monoisotopic (exact) mass is 151 g/mol. The van der Waals surface area contributed by atoms with E-state index >= 15 is 0 Å². The summed E-state index contributed by atoms with van der Waals surface area (Å²) in [7, 11) is 0. The number of hydrogen-bond acceptors (Lipinski definition) is 3. The molecule has 56 valence electrons. The molecule has 0 fully saturated rings. The number of hydrogen-bond donors (Lipinski definition) is 0. The van der Waals surface area contributed by atoms with Crippen LogP contribution in [-0.2, 0) is 4.79 Å². The van der Waals surface area contributed by atoms with Gasteiger partial charge in [0.05, 0.1) is 0 Å². The van der Waals surface area contributed by atoms with Crippen LogP contribution in [0, 0.1) is 0 Å². The zero-order valence-corrected chi connectivity index (χ0v) is 5.69. The Bertz CT molecular complexity index is 262. The number of fused-ring (bicyclic) bond motifs is 1. The highest BCUT2D eigenvalue weighted by Gasteiger charge is 2.21. The predicted octanol–water partition coefficient (Wildman–Crippen LogP) is 1.10. The van der Waals surface area contributed by atoms with Gasteiger partial charge in [-0.1, -0.05) is 12.1 Å². The van der Waals surface area contributed by atoms with Crippen molar-refractivity contribution in [3.8, 4) is 11.5 Å². The summed E-state index contributed by atoms with van der Waals surface area (Å²) in [6.45, 7) is 0. The van der Waals surface area contributed by atoms with Crippen molar-refractivity contribution in [1.82, 2.24) is 0 Å². The molecule has 3 heteroatoms. The molecule has 0 bridgehead atoms. The van der Waals surface area contributed by atoms with E-state index in [-0.39, 0.29) is 1.43 Å². The lowest BCUT2D eigenvalue weighted by molar-refractivity contribution is -0.121. The van der Waals surface area contributed by atoms with Crippen LogP contribution in [0.5, 0.6) is 11.5 Å². The Labute approximate surface area is 65.0 Å². The zero-order valence-electron chi connectivity index (χ0n) is 6.69. The van der Waals surface area contributed by atoms with Crippen molar-refractivity contribution < 1.29 is 15.7 Å². The van der Waals surface area contributed by atoms with Gasteiger partial charge in [-0.2, -0.15) is 0 Å². The Balaban J connectivity index is 0.000000720. The second-order valence-corrected chi connectivity index (χ2v) is 2.19. The third-order valence-electron chi connectivity index (χ3n) is 1.45. The molecule has 1 aliphatic rings. The number of benzene rings is 1. The normalized spacial score (nSPS) is 14.9. The second-order valence-electron chi connectivity index (χ2n) is 2.19. The molecule has 0 saturated heterocycles. The van der Waals surface area contributed by atoms with Gasteiger partial charge in [-0.15, -0.1) is 0 Å². The largest absolute Gasteiger partial charge is 1.00 e. The lowest BCUT2D eigenvalue weighted by Gasteiger charge is -1.98. The van der Waals surface area contributed by atoms with Crippen LogP contribution in [0.2, 0.25) is 0 Å². The average Bonchev–Trinajstić information content (AvgIpc) is 2.46. The average molecular weight is 151 g/mol. The Kier molecular flexibility index (Phi) is 1.28. The van der Waals surface area contributed by atoms with E-state index in [4.69, 9.17) is 9.47 Å². The Morgan fingerprint density at radius 3 is 2.27 bits per heavy atom. The Hall–Kier alpha value is -1.51. The number of carbonyl (C=O) groups excluding carboxylic acids is 1. The lowest BCUT2D eigenvalue weighted by Crippen LogP contribution is -2.18. The van der Waals surface area contributed by atoms with E-state index in [9.17, 15) is 4.79 Å². The summed E-state index contributed by atoms with van der Waals surface area (Å²) in [5.74, 6) is 1.26. The highest BCUT2D eigenvalue weighted by molar-refractivity contribution is 5.59. The first kappa shape index (κ1) is 6.22. The van der Waals surface area contributed by atoms with Crippen LogP contribution < -0.4 is 9.47 Å². The summed E-state index contributed by atoms with van der Waals surface area (Å²) >= 11 is 0. The minimum atomic E-state index is -0.757. The molecule has 0 amide bonds. The third-order valence-corrected chi connectivity index (χ3v) is 1.45. The first-order valence-corrected chi connectivity index (χ1v) is 3.28. The fourth-order valence-corrected chi connectivity index (χ4v) is 0.975. The van der Waals surface area contributed by atoms with E-state index < -0.39 is 6.29 Å². The van der Waals surface area contributed by atoms with Crippen molar-refractivity contribution in [2.75, 3.05) is 0 Å². The highest BCUT2D eigenvalue weighted by atomic mass is 16.7. The quantitative estimate of drug-likeness (QED) is 0.564. The van der Waals surface area contributed by atoms with Crippen LogP contribution in [0.15, 0.2) is 24.3 Å². The SMILES string of the molecule is O=CC1Oc2ccccc2O1.[H+]. The van der Waals surface area contributed by atoms with Crippen LogP contribution in [0.3, 0.4) is 0 Å². The number of carbonyl (C=O) groups is 1. The summed E-state index contributed by atoms with van der Waals surface area (Å²) in [5.41, 5.74) is 0. The summed E-state index contributed by atoms with van der Waals surface area (Å²) in [5, 5.41) is 0. The fraction of sp³-hybridized carbons (Fsp3) is 0.125. The van der Waals surface area contributed by atoms with Gasteiger partial charge in [0.25, 0.3) is 6.29 Å². The Morgan fingerprint density at radius 2 is 1.82 bits per heavy atom. The van der Waals surface area contributed by atoms with Crippen molar-refractivity contribution >= 4 is 6.29 Å². The van der Waals surface area contributed by atoms with Gasteiger partial charge in [-0.25, -0.2) is 0 Å². The van der Waals surface area contributed by atoms with E-state index in [1.165, 1.54) is 0 Å². The molecule has 1 heterocycles. The molecule has 1 aromatic rings. The molecule has 0 aliphatic carbocycles. The standard InChI is InChI=1S/C8H6O3/c9-5-8-10-6-3-1-2-4-7(6)11-8/h1-5,8H/p+1. The van der Waals surface area contributed by atoms with Gasteiger partial charge in [-0.3, -0.25) is 4.79 Å². The van der Waals surface area contributed by atoms with Crippen molar-refractivity contribution in [1.29, 1.82) is 0 Å². The molecular formula is C8H7O3+. The van der Waals surface area contributed by atoms with Crippen molar-refractivity contribution in [2.24, 2.45) is 0 Å². The Morgan fingerprint density at radius 1 is 1.27 bits per heavy atom. The van der Waals surface area contributed by atoms with Crippen LogP contribution in [0.25, 0.3) is 0 Å². The number of ether oxygens (including phenoxy) is 2. The van der Waals surface area contributed by atoms with Gasteiger partial charge in [0.15, 0.2) is 11.5 Å². The van der Waals surface area contributed by atoms with Gasteiger partial charge in [0.2, 0.25) is 6.29 Å². The van der Waals surface area contributed by atoms with E-state index in [1.807, 2.05) is 12.1 Å². The maximum absolute atomic E-state index is 10.2. The van der Waals surface area contributed by atoms with Gasteiger partial charge in [0, 0.05) is 0 Å². The first-order chi connectivity index (χ1) is 5.40. The maximum Gasteiger partial charge on any atom is 1.00 e. The molecule has 1 aromatic carbocycles. The molecule has 0 saturated carbocycles. The minimum absolute atomic E-state index is 0. The summed E-state index contributed by atoms with van der Waals surface area (Å²) in [4.78, 5) is 10.2. The zero-order chi connectivity index (χ0) is 7.68. The van der Waals surface area contributed by atoms with Crippen LogP contribution in [0.4, 0.5) is 0 Å². The van der Waals surface area contributed by atoms with E-state index in [0.29, 0.717) is 17.8 Å². The molecule has 0 unspecified atom stereocenters. The number of rotatable bonds is 1. The number of aldehydes is 1. The van der Waals surface area contributed by atoms with Gasteiger partial charge in [-0.05, 0) is 12.1 Å². The summed E-state index contributed by atoms with van der Waals surface area (Å²) in [6, 6.07) is 7.18. The van der Waals surface area contributed by atoms with Gasteiger partial charge >= 0.3 is 1.43 Å². The van der Waals surface area contributed by atoms with Crippen LogP contribution >= 0.6 is 0 Å². The third kappa shape index (κ3) is 0.941. The summed E-state index contributed by atoms with van der Waals surface area (Å²) < 4.78 is 10.1. The van der Waals surface area contributed by atoms with Crippen LogP contribution in [-0.4, -0.2) is 12.6 Å². The van der Waals surface area contributed by atoms with Crippen molar-refractivity contribution in [2.45, 2.75) is 6.29 Å². The molecule has 0 radical (unpaired) electrons. The highest BCUT2D eigenvalue weighted by Crippen LogP contribution is 2.32. The van der Waals surface area contributed by atoms with E-state index in [0.717, 1.165) is 0 Å². The predicted molar refractivity (Wildman–Crippen MR) is 38.7 cm³/mol. The molecule has 2 rings (SSSR count). The fourth-order valence-electron chi connectivity index (χ4n) is 0.975. The van der Waals surface area contributed by atoms with E-state index in [2.05, 4.69) is 0 Å². The molecular weight excluding hydrogens is 144 g/mol. The second kappa shape index (κ2) is 2.27. The summed E-state index contributed by atoms with van der Waals surface area (Å²) in [6.07, 6.45) is -0.132. The van der Waals surface area contributed by atoms with Crippen molar-refractivity contribution in [3.05, 3.63) is 24.3 Å². The molecule has 11 heavy (non-hydrogen) atoms.